The fourth-order valence-corrected chi connectivity index (χ4v) is 2.62. The zero-order valence-electron chi connectivity index (χ0n) is 15.1. The fraction of sp³-hybridized carbons (Fsp3) is 0. The third-order valence-corrected chi connectivity index (χ3v) is 3.97. The molecule has 0 aliphatic rings. The quantitative estimate of drug-likeness (QED) is 0.291. The Morgan fingerprint density at radius 3 is 2.57 bits per heavy atom. The first kappa shape index (κ1) is 18.6. The minimum Gasteiger partial charge on any atom is -0.408 e. The van der Waals surface area contributed by atoms with Gasteiger partial charge in [0.25, 0.3) is 11.6 Å². The summed E-state index contributed by atoms with van der Waals surface area (Å²) >= 11 is 0. The van der Waals surface area contributed by atoms with Crippen molar-refractivity contribution in [3.63, 3.8) is 0 Å². The number of nitro benzene ring substituents is 1. The number of rotatable bonds is 5. The van der Waals surface area contributed by atoms with Gasteiger partial charge in [0.2, 0.25) is 11.9 Å². The second-order valence-corrected chi connectivity index (χ2v) is 5.95. The van der Waals surface area contributed by atoms with Gasteiger partial charge in [-0.3, -0.25) is 25.5 Å². The maximum absolute atomic E-state index is 12.4. The maximum Gasteiger partial charge on any atom is 0.419 e. The largest absolute Gasteiger partial charge is 0.419 e. The van der Waals surface area contributed by atoms with Crippen LogP contribution in [0.1, 0.15) is 10.4 Å². The van der Waals surface area contributed by atoms with Gasteiger partial charge in [0.1, 0.15) is 5.52 Å². The lowest BCUT2D eigenvalue weighted by molar-refractivity contribution is -0.384. The summed E-state index contributed by atoms with van der Waals surface area (Å²) in [6.45, 7) is 0. The van der Waals surface area contributed by atoms with Gasteiger partial charge in [-0.1, -0.05) is 6.07 Å². The molecule has 0 fully saturated rings. The van der Waals surface area contributed by atoms with Gasteiger partial charge >= 0.3 is 6.09 Å². The zero-order chi connectivity index (χ0) is 21.1. The molecular weight excluding hydrogens is 394 g/mol. The van der Waals surface area contributed by atoms with Crippen LogP contribution in [-0.4, -0.2) is 36.9 Å². The van der Waals surface area contributed by atoms with E-state index in [0.717, 1.165) is 0 Å². The van der Waals surface area contributed by atoms with E-state index in [1.54, 1.807) is 24.4 Å². The summed E-state index contributed by atoms with van der Waals surface area (Å²) in [4.78, 5) is 48.3. The Bertz CT molecular complexity index is 1230. The molecule has 0 saturated carbocycles. The highest BCUT2D eigenvalue weighted by molar-refractivity contribution is 6.04. The zero-order valence-corrected chi connectivity index (χ0v) is 15.1. The van der Waals surface area contributed by atoms with Crippen LogP contribution < -0.4 is 15.4 Å². The van der Waals surface area contributed by atoms with Crippen LogP contribution >= 0.6 is 0 Å². The normalized spacial score (nSPS) is 10.5. The topological polar surface area (TPSA) is 168 Å². The molecular formula is C18H13N7O5. The number of aromatic nitrogens is 4. The first-order chi connectivity index (χ1) is 14.5. The molecule has 0 unspecified atom stereocenters. The summed E-state index contributed by atoms with van der Waals surface area (Å²) in [5.41, 5.74) is 0.948. The molecule has 2 amide bonds. The summed E-state index contributed by atoms with van der Waals surface area (Å²) in [7, 11) is 0. The van der Waals surface area contributed by atoms with Crippen molar-refractivity contribution in [3.05, 3.63) is 70.5 Å². The number of carbonyl (C=O) groups is 2. The number of H-pyrrole nitrogens is 2. The number of hydrogen-bond donors (Lipinski definition) is 4. The molecule has 2 aromatic heterocycles. The fourth-order valence-electron chi connectivity index (χ4n) is 2.62. The molecule has 0 aliphatic carbocycles. The van der Waals surface area contributed by atoms with E-state index in [-0.39, 0.29) is 28.9 Å². The Kier molecular flexibility index (Phi) is 4.78. The number of para-hydroxylation sites is 1. The van der Waals surface area contributed by atoms with Crippen LogP contribution in [0.4, 0.5) is 22.4 Å². The second-order valence-electron chi connectivity index (χ2n) is 5.95. The number of imidazole rings is 2. The summed E-state index contributed by atoms with van der Waals surface area (Å²) < 4.78 is 5.27. The molecule has 12 heteroatoms. The van der Waals surface area contributed by atoms with E-state index in [1.165, 1.54) is 30.5 Å². The Morgan fingerprint density at radius 2 is 1.87 bits per heavy atom. The molecule has 0 radical (unpaired) electrons. The number of ether oxygens (including phenoxy) is 1. The van der Waals surface area contributed by atoms with Gasteiger partial charge < -0.3 is 14.7 Å². The summed E-state index contributed by atoms with van der Waals surface area (Å²) in [5.74, 6) is 0.00623. The van der Waals surface area contributed by atoms with Crippen LogP contribution in [0.2, 0.25) is 0 Å². The van der Waals surface area contributed by atoms with E-state index in [0.29, 0.717) is 11.0 Å². The van der Waals surface area contributed by atoms with E-state index in [2.05, 4.69) is 30.6 Å². The predicted molar refractivity (Wildman–Crippen MR) is 105 cm³/mol. The lowest BCUT2D eigenvalue weighted by Gasteiger charge is -2.04. The van der Waals surface area contributed by atoms with Crippen molar-refractivity contribution in [2.24, 2.45) is 0 Å². The van der Waals surface area contributed by atoms with Crippen molar-refractivity contribution < 1.29 is 19.2 Å². The van der Waals surface area contributed by atoms with Crippen molar-refractivity contribution in [3.8, 4) is 5.75 Å². The second kappa shape index (κ2) is 7.71. The molecule has 150 valence electrons. The lowest BCUT2D eigenvalue weighted by Crippen LogP contribution is -2.17. The van der Waals surface area contributed by atoms with Gasteiger partial charge in [-0.05, 0) is 24.3 Å². The first-order valence-corrected chi connectivity index (χ1v) is 8.52. The number of carbonyl (C=O) groups excluding carboxylic acids is 2. The number of anilines is 2. The van der Waals surface area contributed by atoms with Crippen molar-refractivity contribution in [1.82, 2.24) is 19.9 Å². The van der Waals surface area contributed by atoms with E-state index < -0.39 is 16.9 Å². The number of amides is 2. The summed E-state index contributed by atoms with van der Waals surface area (Å²) in [6, 6.07) is 10.0. The molecule has 4 rings (SSSR count). The van der Waals surface area contributed by atoms with Gasteiger partial charge in [0, 0.05) is 30.1 Å². The molecule has 0 bridgehead atoms. The smallest absolute Gasteiger partial charge is 0.408 e. The molecule has 0 aliphatic heterocycles. The third-order valence-electron chi connectivity index (χ3n) is 3.97. The molecule has 0 saturated heterocycles. The molecule has 12 nitrogen and oxygen atoms in total. The molecule has 4 N–H and O–H groups in total. The Morgan fingerprint density at radius 1 is 1.07 bits per heavy atom. The molecule has 0 atom stereocenters. The van der Waals surface area contributed by atoms with Crippen molar-refractivity contribution in [2.75, 3.05) is 10.6 Å². The summed E-state index contributed by atoms with van der Waals surface area (Å²) in [5, 5.41) is 15.7. The number of fused-ring (bicyclic) bond motifs is 1. The van der Waals surface area contributed by atoms with Gasteiger partial charge in [-0.15, -0.1) is 0 Å². The minimum absolute atomic E-state index is 0.120. The average Bonchev–Trinajstić information content (AvgIpc) is 3.38. The standard InChI is InChI=1S/C18H13N7O5/c26-15(10-4-6-11(7-5-10)25(28)29)23-17-21-12-2-1-3-13(14(12)22-17)30-18(27)24-16-19-8-9-20-16/h1-9H,(H2,19,20,24,27)(H2,21,22,23,26). The number of hydrogen-bond acceptors (Lipinski definition) is 7. The van der Waals surface area contributed by atoms with Crippen LogP contribution in [0, 0.1) is 10.1 Å². The van der Waals surface area contributed by atoms with Crippen LogP contribution in [0.3, 0.4) is 0 Å². The molecule has 4 aromatic rings. The van der Waals surface area contributed by atoms with Crippen LogP contribution in [0.25, 0.3) is 11.0 Å². The van der Waals surface area contributed by atoms with Crippen molar-refractivity contribution in [1.29, 1.82) is 0 Å². The number of benzene rings is 2. The SMILES string of the molecule is O=C(Nc1ncc[nH]1)Oc1cccc2[nH]c(NC(=O)c3ccc([N+](=O)[O-])cc3)nc12. The third kappa shape index (κ3) is 3.91. The Hall–Kier alpha value is -4.74. The Labute approximate surface area is 167 Å². The molecule has 2 heterocycles. The number of non-ortho nitro benzene ring substituents is 1. The number of aromatic amines is 2. The van der Waals surface area contributed by atoms with E-state index in [4.69, 9.17) is 4.74 Å². The van der Waals surface area contributed by atoms with Crippen LogP contribution in [-0.2, 0) is 0 Å². The summed E-state index contributed by atoms with van der Waals surface area (Å²) in [6.07, 6.45) is 2.25. The highest BCUT2D eigenvalue weighted by Crippen LogP contribution is 2.25. The number of nitro groups is 1. The van der Waals surface area contributed by atoms with Crippen LogP contribution in [0.5, 0.6) is 5.75 Å². The van der Waals surface area contributed by atoms with Gasteiger partial charge in [-0.25, -0.2) is 14.8 Å². The monoisotopic (exact) mass is 407 g/mol. The van der Waals surface area contributed by atoms with Crippen molar-refractivity contribution in [2.45, 2.75) is 0 Å². The number of nitrogens with zero attached hydrogens (tertiary/aromatic N) is 3. The average molecular weight is 407 g/mol. The van der Waals surface area contributed by atoms with Crippen molar-refractivity contribution >= 4 is 40.6 Å². The van der Waals surface area contributed by atoms with Gasteiger partial charge in [0.05, 0.1) is 10.4 Å². The lowest BCUT2D eigenvalue weighted by atomic mass is 10.2. The van der Waals surface area contributed by atoms with Gasteiger partial charge in [-0.2, -0.15) is 0 Å². The molecule has 0 spiro atoms. The van der Waals surface area contributed by atoms with E-state index in [1.807, 2.05) is 0 Å². The maximum atomic E-state index is 12.4. The highest BCUT2D eigenvalue weighted by Gasteiger charge is 2.15. The highest BCUT2D eigenvalue weighted by atomic mass is 16.6. The minimum atomic E-state index is -0.767. The van der Waals surface area contributed by atoms with E-state index >= 15 is 0 Å². The molecule has 2 aromatic carbocycles. The van der Waals surface area contributed by atoms with Crippen LogP contribution in [0.15, 0.2) is 54.9 Å². The predicted octanol–water partition coefficient (Wildman–Crippen LogP) is 3.06. The van der Waals surface area contributed by atoms with Gasteiger partial charge in [0.15, 0.2) is 5.75 Å². The Balaban J connectivity index is 1.50. The molecule has 30 heavy (non-hydrogen) atoms. The first-order valence-electron chi connectivity index (χ1n) is 8.52. The number of nitrogens with one attached hydrogen (secondary N) is 4. The van der Waals surface area contributed by atoms with E-state index in [9.17, 15) is 19.7 Å².